The zero-order valence-electron chi connectivity index (χ0n) is 29.9. The molecule has 0 unspecified atom stereocenters. The van der Waals surface area contributed by atoms with Crippen molar-refractivity contribution in [3.63, 3.8) is 0 Å². The molecule has 8 aromatic carbocycles. The van der Waals surface area contributed by atoms with Crippen molar-refractivity contribution in [1.29, 1.82) is 0 Å². The quantitative estimate of drug-likeness (QED) is 0.166. The van der Waals surface area contributed by atoms with Gasteiger partial charge in [0.1, 0.15) is 11.2 Å². The predicted octanol–water partition coefficient (Wildman–Crippen LogP) is 12.9. The maximum absolute atomic E-state index is 6.51. The molecule has 0 saturated heterocycles. The second kappa shape index (κ2) is 13.8. The number of furan rings is 1. The van der Waals surface area contributed by atoms with Crippen molar-refractivity contribution in [3.8, 4) is 78.7 Å². The molecular formula is C51H34N3O+. The first-order chi connectivity index (χ1) is 27.2. The molecule has 10 aromatic rings. The van der Waals surface area contributed by atoms with Crippen molar-refractivity contribution < 1.29 is 9.40 Å². The number of nitrogens with one attached hydrogen (secondary N) is 1. The molecule has 0 spiro atoms. The molecule has 4 heteroatoms. The van der Waals surface area contributed by atoms with E-state index in [1.807, 2.05) is 60.7 Å². The van der Waals surface area contributed by atoms with Gasteiger partial charge in [-0.1, -0.05) is 143 Å². The monoisotopic (exact) mass is 704 g/mol. The molecule has 0 saturated carbocycles. The topological polar surface area (TPSA) is 53.1 Å². The molecule has 0 atom stereocenters. The van der Waals surface area contributed by atoms with E-state index in [4.69, 9.17) is 14.4 Å². The maximum atomic E-state index is 6.51. The van der Waals surface area contributed by atoms with Crippen LogP contribution in [0.2, 0.25) is 0 Å². The van der Waals surface area contributed by atoms with Crippen LogP contribution < -0.4 is 4.98 Å². The minimum absolute atomic E-state index is 0.653. The smallest absolute Gasteiger partial charge is 0.308 e. The van der Waals surface area contributed by atoms with Gasteiger partial charge in [-0.3, -0.25) is 0 Å². The first kappa shape index (κ1) is 32.2. The number of fused-ring (bicyclic) bond motifs is 3. The number of rotatable bonds is 7. The van der Waals surface area contributed by atoms with Crippen LogP contribution in [0.3, 0.4) is 0 Å². The van der Waals surface area contributed by atoms with E-state index in [-0.39, 0.29) is 0 Å². The Labute approximate surface area is 319 Å². The Morgan fingerprint density at radius 2 is 0.800 bits per heavy atom. The highest BCUT2D eigenvalue weighted by Gasteiger charge is 2.23. The number of hydrogen-bond donors (Lipinski definition) is 0. The highest BCUT2D eigenvalue weighted by molar-refractivity contribution is 6.12. The van der Waals surface area contributed by atoms with Gasteiger partial charge in [0.2, 0.25) is 0 Å². The molecular weight excluding hydrogens is 671 g/mol. The van der Waals surface area contributed by atoms with Gasteiger partial charge in [-0.25, -0.2) is 4.98 Å². The summed E-state index contributed by atoms with van der Waals surface area (Å²) in [5.41, 5.74) is 13.8. The molecule has 1 N–H and O–H groups in total. The Bertz CT molecular complexity index is 2880. The summed E-state index contributed by atoms with van der Waals surface area (Å²) in [6, 6.07) is 69.9. The Morgan fingerprint density at radius 3 is 1.42 bits per heavy atom. The molecule has 0 aliphatic rings. The minimum Gasteiger partial charge on any atom is -0.456 e. The Morgan fingerprint density at radius 1 is 0.327 bits per heavy atom. The standard InChI is InChI=1S/C51H33N3O/c1-5-14-34(15-6-1)36-24-26-37(27-25-36)42-30-41(35-16-7-2-8-17-35)31-43(32-42)40-28-29-46-45(33-40)48-44(22-13-23-47(48)55-46)51-53-49(38-18-9-3-10-19-38)52-50(54-51)39-20-11-4-12-21-39/h1-33H/p+1. The van der Waals surface area contributed by atoms with Gasteiger partial charge in [0.05, 0.1) is 16.7 Å². The third-order valence-corrected chi connectivity index (χ3v) is 10.2. The lowest BCUT2D eigenvalue weighted by Gasteiger charge is -2.12. The summed E-state index contributed by atoms with van der Waals surface area (Å²) >= 11 is 0. The van der Waals surface area contributed by atoms with Gasteiger partial charge in [-0.05, 0) is 111 Å². The van der Waals surface area contributed by atoms with Gasteiger partial charge in [0.25, 0.3) is 11.6 Å². The first-order valence-electron chi connectivity index (χ1n) is 18.5. The molecule has 4 nitrogen and oxygen atoms in total. The van der Waals surface area contributed by atoms with Crippen LogP contribution in [0.4, 0.5) is 0 Å². The third kappa shape index (κ3) is 6.26. The van der Waals surface area contributed by atoms with E-state index >= 15 is 0 Å². The summed E-state index contributed by atoms with van der Waals surface area (Å²) in [6.45, 7) is 0. The number of aromatic amines is 1. The van der Waals surface area contributed by atoms with E-state index in [0.717, 1.165) is 72.5 Å². The van der Waals surface area contributed by atoms with E-state index in [0.29, 0.717) is 5.82 Å². The predicted molar refractivity (Wildman–Crippen MR) is 224 cm³/mol. The lowest BCUT2D eigenvalue weighted by atomic mass is 9.92. The van der Waals surface area contributed by atoms with Crippen LogP contribution in [0.5, 0.6) is 0 Å². The number of benzene rings is 8. The molecule has 0 fully saturated rings. The highest BCUT2D eigenvalue weighted by Crippen LogP contribution is 2.40. The SMILES string of the molecule is c1ccc(-c2ccc(-c3cc(-c4ccccc4)cc(-c4ccc5oc6cccc(-c7nc(-c8ccccc8)nc(-c8ccccc8)[nH+]7)c6c5c4)c3)cc2)cc1. The fourth-order valence-corrected chi connectivity index (χ4v) is 7.43. The summed E-state index contributed by atoms with van der Waals surface area (Å²) < 4.78 is 6.51. The molecule has 10 rings (SSSR count). The first-order valence-corrected chi connectivity index (χ1v) is 18.5. The number of aromatic nitrogens is 3. The fourth-order valence-electron chi connectivity index (χ4n) is 7.43. The van der Waals surface area contributed by atoms with Crippen molar-refractivity contribution in [2.75, 3.05) is 0 Å². The van der Waals surface area contributed by atoms with Crippen LogP contribution in [0, 0.1) is 0 Å². The van der Waals surface area contributed by atoms with Gasteiger partial charge >= 0.3 is 5.82 Å². The largest absolute Gasteiger partial charge is 0.456 e. The van der Waals surface area contributed by atoms with E-state index in [1.54, 1.807) is 0 Å². The number of H-pyrrole nitrogens is 1. The summed E-state index contributed by atoms with van der Waals surface area (Å²) in [6.07, 6.45) is 0. The molecule has 2 aromatic heterocycles. The molecule has 0 aliphatic heterocycles. The third-order valence-electron chi connectivity index (χ3n) is 10.2. The Hall–Kier alpha value is -7.43. The molecule has 2 heterocycles. The second-order valence-corrected chi connectivity index (χ2v) is 13.7. The zero-order chi connectivity index (χ0) is 36.6. The van der Waals surface area contributed by atoms with E-state index in [9.17, 15) is 0 Å². The van der Waals surface area contributed by atoms with Gasteiger partial charge < -0.3 is 4.42 Å². The van der Waals surface area contributed by atoms with E-state index < -0.39 is 0 Å². The van der Waals surface area contributed by atoms with E-state index in [1.165, 1.54) is 22.3 Å². The molecule has 258 valence electrons. The van der Waals surface area contributed by atoms with Crippen LogP contribution in [-0.4, -0.2) is 9.97 Å². The average molecular weight is 705 g/mol. The molecule has 0 aliphatic carbocycles. The average Bonchev–Trinajstić information content (AvgIpc) is 3.66. The molecule has 0 bridgehead atoms. The van der Waals surface area contributed by atoms with Crippen LogP contribution >= 0.6 is 0 Å². The van der Waals surface area contributed by atoms with Gasteiger partial charge in [-0.2, -0.15) is 0 Å². The summed E-state index contributed by atoms with van der Waals surface area (Å²) in [5, 5.41) is 2.03. The fraction of sp³-hybridized carbons (Fsp3) is 0. The minimum atomic E-state index is 0.653. The van der Waals surface area contributed by atoms with Crippen LogP contribution in [0.15, 0.2) is 205 Å². The van der Waals surface area contributed by atoms with Gasteiger partial charge in [0.15, 0.2) is 0 Å². The van der Waals surface area contributed by atoms with Crippen molar-refractivity contribution in [2.45, 2.75) is 0 Å². The van der Waals surface area contributed by atoms with Crippen molar-refractivity contribution in [1.82, 2.24) is 9.97 Å². The Balaban J connectivity index is 1.13. The van der Waals surface area contributed by atoms with Crippen LogP contribution in [0.25, 0.3) is 101 Å². The summed E-state index contributed by atoms with van der Waals surface area (Å²) in [7, 11) is 0. The molecule has 0 amide bonds. The lowest BCUT2D eigenvalue weighted by Crippen LogP contribution is -2.17. The van der Waals surface area contributed by atoms with Crippen molar-refractivity contribution in [2.24, 2.45) is 0 Å². The Kier molecular flexibility index (Phi) is 8.12. The molecule has 0 radical (unpaired) electrons. The normalized spacial score (nSPS) is 11.3. The van der Waals surface area contributed by atoms with Gasteiger partial charge in [-0.15, -0.1) is 0 Å². The van der Waals surface area contributed by atoms with Crippen LogP contribution in [-0.2, 0) is 0 Å². The lowest BCUT2D eigenvalue weighted by molar-refractivity contribution is -0.359. The van der Waals surface area contributed by atoms with Crippen molar-refractivity contribution >= 4 is 21.9 Å². The second-order valence-electron chi connectivity index (χ2n) is 13.7. The zero-order valence-corrected chi connectivity index (χ0v) is 29.9. The number of hydrogen-bond acceptors (Lipinski definition) is 3. The number of nitrogens with zero attached hydrogens (tertiary/aromatic N) is 2. The highest BCUT2D eigenvalue weighted by atomic mass is 16.3. The van der Waals surface area contributed by atoms with Crippen LogP contribution in [0.1, 0.15) is 0 Å². The van der Waals surface area contributed by atoms with E-state index in [2.05, 4.69) is 145 Å². The van der Waals surface area contributed by atoms with Crippen molar-refractivity contribution in [3.05, 3.63) is 200 Å². The maximum Gasteiger partial charge on any atom is 0.308 e. The summed E-state index contributed by atoms with van der Waals surface area (Å²) in [5.74, 6) is 2.12. The molecule has 55 heavy (non-hydrogen) atoms. The summed E-state index contributed by atoms with van der Waals surface area (Å²) in [4.78, 5) is 13.7. The van der Waals surface area contributed by atoms with Gasteiger partial charge in [0, 0.05) is 10.8 Å².